The fourth-order valence-corrected chi connectivity index (χ4v) is 4.78. The summed E-state index contributed by atoms with van der Waals surface area (Å²) in [5.41, 5.74) is 0.218. The van der Waals surface area contributed by atoms with Crippen molar-refractivity contribution in [2.45, 2.75) is 51.2 Å². The maximum atomic E-state index is 13.1. The lowest BCUT2D eigenvalue weighted by Crippen LogP contribution is -2.37. The van der Waals surface area contributed by atoms with Crippen LogP contribution in [0, 0.1) is 5.92 Å². The maximum Gasteiger partial charge on any atom is 0.416 e. The Morgan fingerprint density at radius 1 is 1.17 bits per heavy atom. The number of Topliss-reactive ketones (excluding diaryl/α,β-unsaturated/α-hetero) is 1. The topological polar surface area (TPSA) is 150 Å². The van der Waals surface area contributed by atoms with Crippen LogP contribution in [-0.4, -0.2) is 69.2 Å². The lowest BCUT2D eigenvalue weighted by Gasteiger charge is -2.15. The van der Waals surface area contributed by atoms with Crippen molar-refractivity contribution in [2.24, 2.45) is 5.92 Å². The molecule has 12 nitrogen and oxygen atoms in total. The minimum Gasteiger partial charge on any atom is -0.382 e. The van der Waals surface area contributed by atoms with Gasteiger partial charge in [0.1, 0.15) is 12.9 Å². The summed E-state index contributed by atoms with van der Waals surface area (Å²) in [5, 5.41) is 21.3. The molecule has 1 aliphatic heterocycles. The molecule has 1 aliphatic rings. The van der Waals surface area contributed by atoms with E-state index in [0.29, 0.717) is 22.0 Å². The smallest absolute Gasteiger partial charge is 0.382 e. The van der Waals surface area contributed by atoms with Crippen LogP contribution in [0.15, 0.2) is 53.7 Å². The minimum atomic E-state index is -4.96. The van der Waals surface area contributed by atoms with E-state index in [0.717, 1.165) is 9.25 Å². The van der Waals surface area contributed by atoms with Crippen LogP contribution in [-0.2, 0) is 29.1 Å². The van der Waals surface area contributed by atoms with E-state index in [2.05, 4.69) is 25.5 Å². The molecule has 5 rings (SSSR count). The standard InChI is InChI=1S/C26H24ClF3N8O4/c1-14-9-22(41)33-23(14)19(39)10-17-18(3-2-8-31-17)38-13-32-21(34-38)12-37-25(42)36(11-20(40)26(28,29)30)24(35-37)15-4-6-16(27)7-5-15/h2-8,13-14,20,23,40H,9-12H2,1H3,(H,33,41)/t14?,20-,23?/m0/s1. The van der Waals surface area contributed by atoms with E-state index in [1.54, 1.807) is 12.1 Å². The van der Waals surface area contributed by atoms with Crippen LogP contribution in [0.5, 0.6) is 0 Å². The largest absolute Gasteiger partial charge is 0.416 e. The number of ketones is 1. The van der Waals surface area contributed by atoms with E-state index in [9.17, 15) is 32.7 Å². The lowest BCUT2D eigenvalue weighted by molar-refractivity contribution is -0.207. The van der Waals surface area contributed by atoms with Crippen molar-refractivity contribution in [1.82, 2.24) is 39.4 Å². The van der Waals surface area contributed by atoms with Gasteiger partial charge in [-0.2, -0.15) is 13.2 Å². The van der Waals surface area contributed by atoms with Crippen molar-refractivity contribution in [3.63, 3.8) is 0 Å². The van der Waals surface area contributed by atoms with Crippen LogP contribution in [0.1, 0.15) is 24.9 Å². The first kappa shape index (κ1) is 29.1. The molecule has 1 saturated heterocycles. The Balaban J connectivity index is 1.42. The van der Waals surface area contributed by atoms with Crippen molar-refractivity contribution < 1.29 is 27.9 Å². The van der Waals surface area contributed by atoms with E-state index < -0.39 is 30.6 Å². The van der Waals surface area contributed by atoms with Gasteiger partial charge in [-0.05, 0) is 42.3 Å². The maximum absolute atomic E-state index is 13.1. The first-order chi connectivity index (χ1) is 19.9. The minimum absolute atomic E-state index is 0.0729. The molecule has 1 fully saturated rings. The summed E-state index contributed by atoms with van der Waals surface area (Å²) in [5.74, 6) is -0.558. The number of alkyl halides is 3. The molecule has 1 amide bonds. The van der Waals surface area contributed by atoms with E-state index >= 15 is 0 Å². The number of carbonyl (C=O) groups excluding carboxylic acids is 2. The van der Waals surface area contributed by atoms with Gasteiger partial charge in [-0.3, -0.25) is 19.1 Å². The number of amides is 1. The Labute approximate surface area is 240 Å². The summed E-state index contributed by atoms with van der Waals surface area (Å²) >= 11 is 5.92. The number of halogens is 4. The number of carbonyl (C=O) groups is 2. The molecule has 3 atom stereocenters. The summed E-state index contributed by atoms with van der Waals surface area (Å²) in [6.07, 6.45) is -4.71. The van der Waals surface area contributed by atoms with Crippen LogP contribution in [0.3, 0.4) is 0 Å². The van der Waals surface area contributed by atoms with Gasteiger partial charge in [0.25, 0.3) is 0 Å². The molecule has 2 N–H and O–H groups in total. The van der Waals surface area contributed by atoms with E-state index in [-0.39, 0.29) is 48.6 Å². The molecular weight excluding hydrogens is 581 g/mol. The summed E-state index contributed by atoms with van der Waals surface area (Å²) in [4.78, 5) is 46.2. The molecule has 0 radical (unpaired) electrons. The third-order valence-corrected chi connectivity index (χ3v) is 7.04. The lowest BCUT2D eigenvalue weighted by atomic mass is 9.96. The van der Waals surface area contributed by atoms with Crippen molar-refractivity contribution in [2.75, 3.05) is 0 Å². The fraction of sp³-hybridized carbons (Fsp3) is 0.346. The van der Waals surface area contributed by atoms with Gasteiger partial charge in [0, 0.05) is 23.2 Å². The number of rotatable bonds is 9. The molecule has 16 heteroatoms. The summed E-state index contributed by atoms with van der Waals surface area (Å²) in [6.45, 7) is 0.436. The van der Waals surface area contributed by atoms with E-state index in [1.807, 2.05) is 6.92 Å². The number of nitrogens with one attached hydrogen (secondary N) is 1. The van der Waals surface area contributed by atoms with Gasteiger partial charge in [-0.1, -0.05) is 18.5 Å². The number of hydrogen-bond donors (Lipinski definition) is 2. The number of aromatic nitrogens is 7. The third kappa shape index (κ3) is 6.11. The third-order valence-electron chi connectivity index (χ3n) is 6.78. The zero-order valence-corrected chi connectivity index (χ0v) is 22.7. The molecule has 4 heterocycles. The van der Waals surface area contributed by atoms with E-state index in [1.165, 1.54) is 41.5 Å². The van der Waals surface area contributed by atoms with Gasteiger partial charge in [0.2, 0.25) is 5.91 Å². The molecule has 42 heavy (non-hydrogen) atoms. The average Bonchev–Trinajstić information content (AvgIpc) is 3.62. The monoisotopic (exact) mass is 604 g/mol. The summed E-state index contributed by atoms with van der Waals surface area (Å²) < 4.78 is 42.4. The Kier molecular flexibility index (Phi) is 7.97. The number of nitrogens with zero attached hydrogens (tertiary/aromatic N) is 7. The van der Waals surface area contributed by atoms with Crippen molar-refractivity contribution >= 4 is 23.3 Å². The molecule has 0 bridgehead atoms. The van der Waals surface area contributed by atoms with Gasteiger partial charge in [0.05, 0.1) is 30.4 Å². The van der Waals surface area contributed by atoms with Crippen LogP contribution in [0.4, 0.5) is 13.2 Å². The van der Waals surface area contributed by atoms with Crippen LogP contribution < -0.4 is 11.0 Å². The molecule has 4 aromatic rings. The molecule has 0 saturated carbocycles. The Morgan fingerprint density at radius 3 is 2.57 bits per heavy atom. The van der Waals surface area contributed by atoms with Gasteiger partial charge >= 0.3 is 11.9 Å². The van der Waals surface area contributed by atoms with E-state index in [4.69, 9.17) is 11.6 Å². The second-order valence-corrected chi connectivity index (χ2v) is 10.3. The fourth-order valence-electron chi connectivity index (χ4n) is 4.65. The Morgan fingerprint density at radius 2 is 1.90 bits per heavy atom. The molecule has 3 aromatic heterocycles. The van der Waals surface area contributed by atoms with Crippen LogP contribution >= 0.6 is 11.6 Å². The zero-order valence-electron chi connectivity index (χ0n) is 22.0. The highest BCUT2D eigenvalue weighted by Crippen LogP contribution is 2.24. The highest BCUT2D eigenvalue weighted by atomic mass is 35.5. The summed E-state index contributed by atoms with van der Waals surface area (Å²) in [7, 11) is 0. The van der Waals surface area contributed by atoms with Gasteiger partial charge in [0.15, 0.2) is 23.5 Å². The van der Waals surface area contributed by atoms with Gasteiger partial charge in [-0.25, -0.2) is 19.1 Å². The highest BCUT2D eigenvalue weighted by Gasteiger charge is 2.39. The highest BCUT2D eigenvalue weighted by molar-refractivity contribution is 6.30. The second kappa shape index (κ2) is 11.5. The number of aliphatic hydroxyl groups is 1. The first-order valence-corrected chi connectivity index (χ1v) is 13.1. The number of benzene rings is 1. The van der Waals surface area contributed by atoms with Crippen molar-refractivity contribution in [3.05, 3.63) is 75.9 Å². The Bertz CT molecular complexity index is 1680. The SMILES string of the molecule is CC1CC(=O)NC1C(=O)Cc1ncccc1-n1cnc(Cn2nc(-c3ccc(Cl)cc3)n(C[C@H](O)C(F)(F)F)c2=O)n1. The predicted molar refractivity (Wildman–Crippen MR) is 142 cm³/mol. The van der Waals surface area contributed by atoms with Crippen LogP contribution in [0.2, 0.25) is 5.02 Å². The number of aliphatic hydroxyl groups excluding tert-OH is 1. The summed E-state index contributed by atoms with van der Waals surface area (Å²) in [6, 6.07) is 8.65. The molecule has 0 spiro atoms. The first-order valence-electron chi connectivity index (χ1n) is 12.8. The quantitative estimate of drug-likeness (QED) is 0.294. The number of pyridine rings is 1. The predicted octanol–water partition coefficient (Wildman–Crippen LogP) is 1.95. The molecule has 220 valence electrons. The normalized spacial score (nSPS) is 17.8. The van der Waals surface area contributed by atoms with Gasteiger partial charge in [-0.15, -0.1) is 10.2 Å². The molecular formula is C26H24ClF3N8O4. The molecule has 1 aromatic carbocycles. The Hall–Kier alpha value is -4.37. The second-order valence-electron chi connectivity index (χ2n) is 9.88. The molecule has 2 unspecified atom stereocenters. The molecule has 0 aliphatic carbocycles. The van der Waals surface area contributed by atoms with Crippen molar-refractivity contribution in [1.29, 1.82) is 0 Å². The van der Waals surface area contributed by atoms with Crippen molar-refractivity contribution in [3.8, 4) is 17.1 Å². The number of hydrogen-bond acceptors (Lipinski definition) is 8. The van der Waals surface area contributed by atoms with Gasteiger partial charge < -0.3 is 10.4 Å². The average molecular weight is 605 g/mol. The van der Waals surface area contributed by atoms with Crippen LogP contribution in [0.25, 0.3) is 17.1 Å². The zero-order chi connectivity index (χ0) is 30.2.